The number of hydrogen-bond acceptors (Lipinski definition) is 6. The molecule has 0 bridgehead atoms. The molecule has 1 heterocycles. The van der Waals surface area contributed by atoms with Gasteiger partial charge in [0.1, 0.15) is 11.8 Å². The number of hydrazone groups is 1. The van der Waals surface area contributed by atoms with E-state index < -0.39 is 29.6 Å². The zero-order chi connectivity index (χ0) is 24.6. The molecule has 8 heteroatoms. The van der Waals surface area contributed by atoms with Crippen molar-refractivity contribution in [3.05, 3.63) is 58.7 Å². The molecule has 178 valence electrons. The van der Waals surface area contributed by atoms with Gasteiger partial charge in [0.15, 0.2) is 5.71 Å². The molecule has 1 saturated carbocycles. The average molecular weight is 464 g/mol. The van der Waals surface area contributed by atoms with Crippen LogP contribution in [-0.4, -0.2) is 45.5 Å². The topological polar surface area (TPSA) is 119 Å². The van der Waals surface area contributed by atoms with Crippen LogP contribution in [0, 0.1) is 19.8 Å². The van der Waals surface area contributed by atoms with Gasteiger partial charge < -0.3 is 15.1 Å². The zero-order valence-electron chi connectivity index (χ0n) is 19.5. The van der Waals surface area contributed by atoms with Crippen LogP contribution < -0.4 is 5.43 Å². The van der Waals surface area contributed by atoms with E-state index in [1.807, 2.05) is 32.0 Å². The molecule has 0 aromatic heterocycles. The Morgan fingerprint density at radius 1 is 1.12 bits per heavy atom. The van der Waals surface area contributed by atoms with Gasteiger partial charge in [-0.25, -0.2) is 0 Å². The highest BCUT2D eigenvalue weighted by molar-refractivity contribution is 6.69. The number of carboxylic acids is 1. The largest absolute Gasteiger partial charge is 0.505 e. The molecule has 1 aliphatic carbocycles. The molecule has 2 aromatic carbocycles. The molecule has 0 spiro atoms. The highest BCUT2D eigenvalue weighted by atomic mass is 16.4. The number of amides is 1. The van der Waals surface area contributed by atoms with Crippen LogP contribution in [0.3, 0.4) is 0 Å². The van der Waals surface area contributed by atoms with E-state index in [-0.39, 0.29) is 23.1 Å². The molecule has 2 aliphatic rings. The maximum atomic E-state index is 13.1. The zero-order valence-corrected chi connectivity index (χ0v) is 19.5. The highest BCUT2D eigenvalue weighted by Crippen LogP contribution is 2.42. The molecule has 8 nitrogen and oxygen atoms in total. The smallest absolute Gasteiger partial charge is 0.306 e. The lowest BCUT2D eigenvalue weighted by Gasteiger charge is -2.27. The number of carbonyl (C=O) groups is 3. The predicted molar refractivity (Wildman–Crippen MR) is 128 cm³/mol. The van der Waals surface area contributed by atoms with E-state index in [9.17, 15) is 24.6 Å². The van der Waals surface area contributed by atoms with Crippen LogP contribution in [0.5, 0.6) is 5.75 Å². The van der Waals surface area contributed by atoms with Crippen molar-refractivity contribution in [3.63, 3.8) is 0 Å². The highest BCUT2D eigenvalue weighted by Gasteiger charge is 2.43. The third-order valence-electron chi connectivity index (χ3n) is 7.06. The number of rotatable bonds is 5. The molecule has 3 unspecified atom stereocenters. The second-order valence-electron chi connectivity index (χ2n) is 9.24. The quantitative estimate of drug-likeness (QED) is 0.457. The number of aromatic hydroxyl groups is 1. The lowest BCUT2D eigenvalue weighted by Crippen LogP contribution is -2.25. The van der Waals surface area contributed by atoms with E-state index >= 15 is 0 Å². The summed E-state index contributed by atoms with van der Waals surface area (Å²) in [5, 5.41) is 24.3. The number of benzene rings is 2. The van der Waals surface area contributed by atoms with E-state index in [0.29, 0.717) is 18.4 Å². The number of likely N-dealkylation sites (tertiary alicyclic amines) is 1. The number of phenolic OH excluding ortho intramolecular Hbond substituents is 1. The molecular weight excluding hydrogens is 434 g/mol. The molecule has 34 heavy (non-hydrogen) atoms. The van der Waals surface area contributed by atoms with Crippen LogP contribution in [0.2, 0.25) is 0 Å². The minimum atomic E-state index is -0.814. The number of anilines is 1. The number of Topliss-reactive ketones (excluding diaryl/α,β-unsaturated/α-hetero) is 1. The Hall–Kier alpha value is -3.68. The van der Waals surface area contributed by atoms with Gasteiger partial charge >= 0.3 is 5.97 Å². The molecule has 1 saturated heterocycles. The molecular formula is C26H29N3O5. The van der Waals surface area contributed by atoms with Crippen molar-refractivity contribution >= 4 is 29.1 Å². The van der Waals surface area contributed by atoms with Crippen LogP contribution in [0.15, 0.2) is 41.5 Å². The second kappa shape index (κ2) is 9.29. The van der Waals surface area contributed by atoms with Gasteiger partial charge in [-0.3, -0.25) is 19.8 Å². The van der Waals surface area contributed by atoms with Crippen LogP contribution in [0.25, 0.3) is 0 Å². The second-order valence-corrected chi connectivity index (χ2v) is 9.24. The Kier molecular flexibility index (Phi) is 6.41. The number of likely N-dealkylation sites (N-methyl/N-ethyl adjacent to an activating group) is 1. The number of phenols is 1. The summed E-state index contributed by atoms with van der Waals surface area (Å²) in [6.07, 6.45) is 2.66. The maximum absolute atomic E-state index is 13.1. The first kappa shape index (κ1) is 23.5. The van der Waals surface area contributed by atoms with Crippen LogP contribution in [-0.2, 0) is 14.4 Å². The van der Waals surface area contributed by atoms with Crippen molar-refractivity contribution in [2.75, 3.05) is 12.5 Å². The molecule has 4 rings (SSSR count). The van der Waals surface area contributed by atoms with Crippen LogP contribution >= 0.6 is 0 Å². The van der Waals surface area contributed by atoms with Gasteiger partial charge in [0.05, 0.1) is 11.6 Å². The third kappa shape index (κ3) is 4.27. The van der Waals surface area contributed by atoms with Crippen molar-refractivity contribution in [2.45, 2.75) is 51.5 Å². The number of nitrogens with zero attached hydrogens (tertiary/aromatic N) is 2. The SMILES string of the molecule is Cc1ccc(C2C(=O)C(=NNc3cccc(C4CCCC(C(=O)O)C4)c3O)C(=O)N2C)cc1C. The maximum Gasteiger partial charge on any atom is 0.306 e. The van der Waals surface area contributed by atoms with Gasteiger partial charge in [-0.2, -0.15) is 5.10 Å². The first-order valence-electron chi connectivity index (χ1n) is 11.5. The average Bonchev–Trinajstić information content (AvgIpc) is 3.03. The fourth-order valence-corrected chi connectivity index (χ4v) is 4.90. The number of ketones is 1. The predicted octanol–water partition coefficient (Wildman–Crippen LogP) is 3.92. The number of aliphatic carboxylic acids is 1. The molecule has 2 aromatic rings. The van der Waals surface area contributed by atoms with Crippen LogP contribution in [0.4, 0.5) is 5.69 Å². The molecule has 3 N–H and O–H groups in total. The summed E-state index contributed by atoms with van der Waals surface area (Å²) in [4.78, 5) is 38.7. The molecule has 1 amide bonds. The van der Waals surface area contributed by atoms with Gasteiger partial charge in [-0.15, -0.1) is 0 Å². The van der Waals surface area contributed by atoms with Crippen molar-refractivity contribution in [3.8, 4) is 5.75 Å². The van der Waals surface area contributed by atoms with Gasteiger partial charge in [-0.1, -0.05) is 36.8 Å². The Morgan fingerprint density at radius 2 is 1.88 bits per heavy atom. The van der Waals surface area contributed by atoms with E-state index in [1.165, 1.54) is 4.90 Å². The van der Waals surface area contributed by atoms with Crippen molar-refractivity contribution in [1.29, 1.82) is 0 Å². The lowest BCUT2D eigenvalue weighted by atomic mass is 9.77. The number of carbonyl (C=O) groups excluding carboxylic acids is 2. The lowest BCUT2D eigenvalue weighted by molar-refractivity contribution is -0.143. The first-order valence-corrected chi connectivity index (χ1v) is 11.5. The van der Waals surface area contributed by atoms with Gasteiger partial charge in [-0.05, 0) is 67.3 Å². The van der Waals surface area contributed by atoms with Gasteiger partial charge in [0, 0.05) is 7.05 Å². The summed E-state index contributed by atoms with van der Waals surface area (Å²) in [6, 6.07) is 10.0. The fraction of sp³-hybridized carbons (Fsp3) is 0.385. The molecule has 3 atom stereocenters. The number of hydrogen-bond donors (Lipinski definition) is 3. The van der Waals surface area contributed by atoms with Gasteiger partial charge in [0.2, 0.25) is 5.78 Å². The summed E-state index contributed by atoms with van der Waals surface area (Å²) < 4.78 is 0. The monoisotopic (exact) mass is 463 g/mol. The molecule has 2 fully saturated rings. The molecule has 0 radical (unpaired) electrons. The Bertz CT molecular complexity index is 1190. The summed E-state index contributed by atoms with van der Waals surface area (Å²) in [5.41, 5.74) is 6.24. The van der Waals surface area contributed by atoms with Gasteiger partial charge in [0.25, 0.3) is 5.91 Å². The summed E-state index contributed by atoms with van der Waals surface area (Å²) in [7, 11) is 1.57. The Labute approximate surface area is 198 Å². The van der Waals surface area contributed by atoms with Crippen molar-refractivity contribution in [2.24, 2.45) is 11.0 Å². The fourth-order valence-electron chi connectivity index (χ4n) is 4.90. The van der Waals surface area contributed by atoms with E-state index in [0.717, 1.165) is 29.5 Å². The van der Waals surface area contributed by atoms with Crippen LogP contribution in [0.1, 0.15) is 59.9 Å². The minimum absolute atomic E-state index is 0.0418. The Balaban J connectivity index is 1.57. The minimum Gasteiger partial charge on any atom is -0.505 e. The normalized spacial score (nSPS) is 24.0. The molecule has 1 aliphatic heterocycles. The number of nitrogens with one attached hydrogen (secondary N) is 1. The van der Waals surface area contributed by atoms with E-state index in [2.05, 4.69) is 10.5 Å². The number of aryl methyl sites for hydroxylation is 2. The van der Waals surface area contributed by atoms with E-state index in [1.54, 1.807) is 25.2 Å². The first-order chi connectivity index (χ1) is 16.2. The summed E-state index contributed by atoms with van der Waals surface area (Å²) in [5.74, 6) is -2.27. The summed E-state index contributed by atoms with van der Waals surface area (Å²) in [6.45, 7) is 3.94. The number of para-hydroxylation sites is 1. The standard InChI is InChI=1S/C26H29N3O5/c1-14-10-11-17(12-15(14)2)22-24(31)21(25(32)29(22)3)28-27-20-9-5-8-19(23(20)30)16-6-4-7-18(13-16)26(33)34/h5,8-12,16,18,22,27,30H,4,6-7,13H2,1-3H3,(H,33,34). The van der Waals surface area contributed by atoms with Crippen molar-refractivity contribution in [1.82, 2.24) is 4.90 Å². The van der Waals surface area contributed by atoms with Crippen molar-refractivity contribution < 1.29 is 24.6 Å². The summed E-state index contributed by atoms with van der Waals surface area (Å²) >= 11 is 0. The Morgan fingerprint density at radius 3 is 2.59 bits per heavy atom. The van der Waals surface area contributed by atoms with E-state index in [4.69, 9.17) is 0 Å². The number of carboxylic acid groups (broad SMARTS) is 1. The third-order valence-corrected chi connectivity index (χ3v) is 7.06.